The molecule has 5 rings (SSSR count). The van der Waals surface area contributed by atoms with Crippen molar-refractivity contribution in [2.75, 3.05) is 25.7 Å². The van der Waals surface area contributed by atoms with Gasteiger partial charge in [-0.15, -0.1) is 0 Å². The summed E-state index contributed by atoms with van der Waals surface area (Å²) in [4.78, 5) is 31.2. The number of anilines is 1. The molecule has 0 saturated carbocycles. The molecule has 7 nitrogen and oxygen atoms in total. The largest absolute Gasteiger partial charge is 0.497 e. The molecule has 0 radical (unpaired) electrons. The highest BCUT2D eigenvalue weighted by Gasteiger charge is 2.37. The molecule has 1 atom stereocenters. The van der Waals surface area contributed by atoms with Crippen molar-refractivity contribution in [3.63, 3.8) is 0 Å². The first-order chi connectivity index (χ1) is 18.9. The van der Waals surface area contributed by atoms with Crippen LogP contribution >= 0.6 is 0 Å². The number of amides is 2. The van der Waals surface area contributed by atoms with Crippen molar-refractivity contribution >= 4 is 17.5 Å². The molecule has 0 saturated heterocycles. The minimum Gasteiger partial charge on any atom is -0.497 e. The zero-order valence-corrected chi connectivity index (χ0v) is 22.7. The Bertz CT molecular complexity index is 1460. The maximum Gasteiger partial charge on any atom is 0.247 e. The number of aromatic nitrogens is 1. The first-order valence-corrected chi connectivity index (χ1v) is 13.1. The molecule has 1 aliphatic rings. The summed E-state index contributed by atoms with van der Waals surface area (Å²) in [6.45, 7) is 3.85. The third-order valence-electron chi connectivity index (χ3n) is 7.18. The van der Waals surface area contributed by atoms with Crippen molar-refractivity contribution in [3.05, 3.63) is 108 Å². The molecule has 39 heavy (non-hydrogen) atoms. The first-order valence-electron chi connectivity index (χ1n) is 13.1. The van der Waals surface area contributed by atoms with Crippen LogP contribution in [-0.2, 0) is 16.0 Å². The van der Waals surface area contributed by atoms with E-state index in [1.165, 1.54) is 0 Å². The molecule has 4 aromatic rings. The maximum atomic E-state index is 14.2. The number of rotatable bonds is 8. The molecule has 0 fully saturated rings. The summed E-state index contributed by atoms with van der Waals surface area (Å²) in [7, 11) is 3.25. The highest BCUT2D eigenvalue weighted by Crippen LogP contribution is 2.42. The van der Waals surface area contributed by atoms with Crippen molar-refractivity contribution < 1.29 is 19.1 Å². The molecule has 0 spiro atoms. The van der Waals surface area contributed by atoms with Crippen LogP contribution in [0.5, 0.6) is 11.5 Å². The normalized spacial score (nSPS) is 14.0. The van der Waals surface area contributed by atoms with Gasteiger partial charge in [0.05, 0.1) is 37.7 Å². The van der Waals surface area contributed by atoms with Crippen LogP contribution in [0.1, 0.15) is 36.7 Å². The second-order valence-electron chi connectivity index (χ2n) is 9.87. The molecule has 3 aromatic carbocycles. The predicted molar refractivity (Wildman–Crippen MR) is 152 cm³/mol. The van der Waals surface area contributed by atoms with Crippen LogP contribution in [-0.4, -0.2) is 48.1 Å². The zero-order valence-electron chi connectivity index (χ0n) is 22.7. The van der Waals surface area contributed by atoms with E-state index >= 15 is 0 Å². The Morgan fingerprint density at radius 1 is 0.821 bits per heavy atom. The van der Waals surface area contributed by atoms with Gasteiger partial charge in [-0.3, -0.25) is 14.5 Å². The van der Waals surface area contributed by atoms with E-state index in [4.69, 9.17) is 9.47 Å². The molecular formula is C32H33N3O4. The van der Waals surface area contributed by atoms with E-state index in [9.17, 15) is 9.59 Å². The summed E-state index contributed by atoms with van der Waals surface area (Å²) in [5, 5.41) is 0. The maximum absolute atomic E-state index is 14.2. The molecule has 2 amide bonds. The topological polar surface area (TPSA) is 64.0 Å². The Kier molecular flexibility index (Phi) is 7.41. The van der Waals surface area contributed by atoms with Gasteiger partial charge in [0.1, 0.15) is 24.1 Å². The lowest BCUT2D eigenvalue weighted by Crippen LogP contribution is -2.49. The average molecular weight is 524 g/mol. The Morgan fingerprint density at radius 2 is 1.44 bits per heavy atom. The summed E-state index contributed by atoms with van der Waals surface area (Å²) in [6.07, 6.45) is 2.22. The lowest BCUT2D eigenvalue weighted by Gasteiger charge is -2.40. The van der Waals surface area contributed by atoms with Gasteiger partial charge in [-0.1, -0.05) is 36.4 Å². The summed E-state index contributed by atoms with van der Waals surface area (Å²) in [5.74, 6) is 1.24. The number of fused-ring (bicyclic) bond motifs is 3. The van der Waals surface area contributed by atoms with Crippen LogP contribution in [0, 0.1) is 0 Å². The third kappa shape index (κ3) is 5.12. The number of para-hydroxylation sites is 2. The van der Waals surface area contributed by atoms with Crippen molar-refractivity contribution in [2.45, 2.75) is 32.4 Å². The van der Waals surface area contributed by atoms with Crippen molar-refractivity contribution in [2.24, 2.45) is 0 Å². The second-order valence-corrected chi connectivity index (χ2v) is 9.87. The lowest BCUT2D eigenvalue weighted by molar-refractivity contribution is -0.136. The standard InChI is InChI=1S/C32H33N3O4/c1-22(2)34(30(36)20-23-11-15-25(38-3)16-12-23)21-31(37)35-28-9-6-5-8-27(28)33-19-7-10-29(33)32(35)24-13-17-26(39-4)18-14-24/h5-19,22,32H,20-21H2,1-4H3. The fourth-order valence-corrected chi connectivity index (χ4v) is 5.16. The van der Waals surface area contributed by atoms with E-state index < -0.39 is 0 Å². The van der Waals surface area contributed by atoms with Gasteiger partial charge in [0.15, 0.2) is 0 Å². The summed E-state index contributed by atoms with van der Waals surface area (Å²) in [5.41, 5.74) is 4.54. The van der Waals surface area contributed by atoms with Crippen LogP contribution in [0.3, 0.4) is 0 Å². The quantitative estimate of drug-likeness (QED) is 0.310. The third-order valence-corrected chi connectivity index (χ3v) is 7.18. The number of ether oxygens (including phenoxy) is 2. The molecule has 1 aliphatic heterocycles. The Morgan fingerprint density at radius 3 is 2.05 bits per heavy atom. The van der Waals surface area contributed by atoms with E-state index in [2.05, 4.69) is 4.57 Å². The van der Waals surface area contributed by atoms with E-state index in [0.717, 1.165) is 39.7 Å². The molecule has 7 heteroatoms. The zero-order chi connectivity index (χ0) is 27.5. The van der Waals surface area contributed by atoms with Gasteiger partial charge >= 0.3 is 0 Å². The molecule has 0 aliphatic carbocycles. The highest BCUT2D eigenvalue weighted by molar-refractivity contribution is 6.00. The minimum atomic E-state index is -0.362. The van der Waals surface area contributed by atoms with Gasteiger partial charge in [0.25, 0.3) is 0 Å². The number of carbonyl (C=O) groups excluding carboxylic acids is 2. The van der Waals surface area contributed by atoms with Gasteiger partial charge in [0, 0.05) is 12.2 Å². The van der Waals surface area contributed by atoms with Gasteiger partial charge in [0.2, 0.25) is 11.8 Å². The minimum absolute atomic E-state index is 0.0334. The van der Waals surface area contributed by atoms with Crippen LogP contribution < -0.4 is 14.4 Å². The number of hydrogen-bond donors (Lipinski definition) is 0. The number of benzene rings is 3. The van der Waals surface area contributed by atoms with Crippen LogP contribution in [0.2, 0.25) is 0 Å². The summed E-state index contributed by atoms with van der Waals surface area (Å²) >= 11 is 0. The highest BCUT2D eigenvalue weighted by atomic mass is 16.5. The number of hydrogen-bond acceptors (Lipinski definition) is 4. The van der Waals surface area contributed by atoms with Crippen LogP contribution in [0.15, 0.2) is 91.1 Å². The predicted octanol–water partition coefficient (Wildman–Crippen LogP) is 5.41. The summed E-state index contributed by atoms with van der Waals surface area (Å²) in [6, 6.07) is 26.6. The molecule has 1 unspecified atom stereocenters. The van der Waals surface area contributed by atoms with E-state index in [1.807, 2.05) is 110 Å². The average Bonchev–Trinajstić information content (AvgIpc) is 3.45. The Balaban J connectivity index is 1.49. The SMILES string of the molecule is COc1ccc(CC(=O)N(CC(=O)N2c3ccccc3-n3cccc3C2c2ccc(OC)cc2)C(C)C)cc1. The molecule has 0 bridgehead atoms. The molecule has 0 N–H and O–H groups in total. The van der Waals surface area contributed by atoms with Crippen LogP contribution in [0.25, 0.3) is 5.69 Å². The Hall–Kier alpha value is -4.52. The van der Waals surface area contributed by atoms with Gasteiger partial charge in [-0.05, 0) is 73.5 Å². The van der Waals surface area contributed by atoms with E-state index in [1.54, 1.807) is 19.1 Å². The summed E-state index contributed by atoms with van der Waals surface area (Å²) < 4.78 is 12.7. The van der Waals surface area contributed by atoms with Gasteiger partial charge < -0.3 is 18.9 Å². The molecule has 2 heterocycles. The number of carbonyl (C=O) groups is 2. The molecular weight excluding hydrogens is 490 g/mol. The van der Waals surface area contributed by atoms with Crippen molar-refractivity contribution in [1.29, 1.82) is 0 Å². The van der Waals surface area contributed by atoms with Gasteiger partial charge in [-0.2, -0.15) is 0 Å². The van der Waals surface area contributed by atoms with Gasteiger partial charge in [-0.25, -0.2) is 0 Å². The smallest absolute Gasteiger partial charge is 0.247 e. The molecule has 1 aromatic heterocycles. The Labute approximate surface area is 229 Å². The van der Waals surface area contributed by atoms with E-state index in [0.29, 0.717) is 0 Å². The second kappa shape index (κ2) is 11.1. The van der Waals surface area contributed by atoms with Crippen LogP contribution in [0.4, 0.5) is 5.69 Å². The van der Waals surface area contributed by atoms with Crippen molar-refractivity contribution in [3.8, 4) is 17.2 Å². The lowest BCUT2D eigenvalue weighted by atomic mass is 9.97. The monoisotopic (exact) mass is 523 g/mol. The molecule has 200 valence electrons. The van der Waals surface area contributed by atoms with E-state index in [-0.39, 0.29) is 36.9 Å². The fourth-order valence-electron chi connectivity index (χ4n) is 5.16. The fraction of sp³-hybridized carbons (Fsp3) is 0.250. The number of nitrogens with zero attached hydrogens (tertiary/aromatic N) is 3. The van der Waals surface area contributed by atoms with Crippen molar-refractivity contribution in [1.82, 2.24) is 9.47 Å². The first kappa shape index (κ1) is 26.1. The number of methoxy groups -OCH3 is 2.